The Labute approximate surface area is 145 Å². The van der Waals surface area contributed by atoms with E-state index in [1.807, 2.05) is 0 Å². The van der Waals surface area contributed by atoms with Crippen molar-refractivity contribution in [2.45, 2.75) is 48.5 Å². The van der Waals surface area contributed by atoms with Crippen molar-refractivity contribution in [1.82, 2.24) is 4.98 Å². The fraction of sp³-hybridized carbons (Fsp3) is 0.318. The van der Waals surface area contributed by atoms with E-state index in [2.05, 4.69) is 77.7 Å². The van der Waals surface area contributed by atoms with Gasteiger partial charge in [-0.3, -0.25) is 4.99 Å². The molecule has 0 atom stereocenters. The number of benzene rings is 1. The number of aromatic amines is 1. The molecule has 2 heteroatoms. The summed E-state index contributed by atoms with van der Waals surface area (Å²) in [7, 11) is 0. The van der Waals surface area contributed by atoms with Crippen LogP contribution in [0.2, 0.25) is 0 Å². The van der Waals surface area contributed by atoms with Gasteiger partial charge in [0.25, 0.3) is 0 Å². The second kappa shape index (κ2) is 5.94. The molecule has 2 heterocycles. The highest BCUT2D eigenvalue weighted by atomic mass is 14.8. The molecule has 1 aliphatic rings. The molecule has 24 heavy (non-hydrogen) atoms. The van der Waals surface area contributed by atoms with Crippen molar-refractivity contribution >= 4 is 11.3 Å². The Morgan fingerprint density at radius 1 is 0.833 bits per heavy atom. The number of allylic oxidation sites excluding steroid dienone is 2. The number of hydrogen-bond donors (Lipinski definition) is 1. The third-order valence-corrected chi connectivity index (χ3v) is 4.65. The first-order valence-corrected chi connectivity index (χ1v) is 8.51. The van der Waals surface area contributed by atoms with Crippen molar-refractivity contribution < 1.29 is 0 Å². The Morgan fingerprint density at radius 3 is 1.92 bits per heavy atom. The van der Waals surface area contributed by atoms with Gasteiger partial charge in [-0.2, -0.15) is 0 Å². The second-order valence-corrected chi connectivity index (χ2v) is 7.09. The molecule has 0 unspecified atom stereocenters. The average molecular weight is 318 g/mol. The minimum atomic E-state index is 1.07. The lowest BCUT2D eigenvalue weighted by molar-refractivity contribution is 1.19. The molecule has 0 spiro atoms. The van der Waals surface area contributed by atoms with Crippen LogP contribution in [0.15, 0.2) is 40.5 Å². The first kappa shape index (κ1) is 16.5. The lowest BCUT2D eigenvalue weighted by Gasteiger charge is -2.18. The number of rotatable bonds is 2. The summed E-state index contributed by atoms with van der Waals surface area (Å²) in [5.41, 5.74) is 13.4. The quantitative estimate of drug-likeness (QED) is 0.731. The van der Waals surface area contributed by atoms with E-state index in [1.165, 1.54) is 50.4 Å². The Kier molecular flexibility index (Phi) is 4.08. The zero-order chi connectivity index (χ0) is 17.6. The number of nitrogens with one attached hydrogen (secondary N) is 1. The molecular formula is C22H26N2. The van der Waals surface area contributed by atoms with Gasteiger partial charge in [-0.1, -0.05) is 17.7 Å². The maximum Gasteiger partial charge on any atom is 0.0762 e. The third-order valence-electron chi connectivity index (χ3n) is 4.65. The molecule has 0 saturated carbocycles. The highest BCUT2D eigenvalue weighted by Crippen LogP contribution is 2.38. The zero-order valence-corrected chi connectivity index (χ0v) is 15.8. The van der Waals surface area contributed by atoms with Crippen molar-refractivity contribution in [3.8, 4) is 0 Å². The standard InChI is InChI=1S/C22H26N2/c1-12-8-13(2)19(14(3)9-12)20(21-15(4)10-17(6)23-21)22-16(5)11-18(7)24-22/h8-11,23H,1-7H3. The van der Waals surface area contributed by atoms with Crippen LogP contribution in [-0.2, 0) is 0 Å². The van der Waals surface area contributed by atoms with Crippen molar-refractivity contribution in [3.63, 3.8) is 0 Å². The molecule has 1 aromatic heterocycles. The molecule has 3 rings (SSSR count). The van der Waals surface area contributed by atoms with Crippen LogP contribution in [0.3, 0.4) is 0 Å². The lowest BCUT2D eigenvalue weighted by Crippen LogP contribution is -2.01. The van der Waals surface area contributed by atoms with E-state index in [9.17, 15) is 0 Å². The minimum Gasteiger partial charge on any atom is -0.358 e. The number of hydrogen-bond acceptors (Lipinski definition) is 1. The van der Waals surface area contributed by atoms with Gasteiger partial charge in [-0.05, 0) is 88.4 Å². The van der Waals surface area contributed by atoms with Crippen LogP contribution < -0.4 is 0 Å². The fourth-order valence-electron chi connectivity index (χ4n) is 3.86. The van der Waals surface area contributed by atoms with Crippen LogP contribution in [0.1, 0.15) is 53.1 Å². The summed E-state index contributed by atoms with van der Waals surface area (Å²) in [4.78, 5) is 8.43. The first-order valence-electron chi connectivity index (χ1n) is 8.51. The van der Waals surface area contributed by atoms with Crippen molar-refractivity contribution in [2.24, 2.45) is 4.99 Å². The normalized spacial score (nSPS) is 16.3. The molecule has 124 valence electrons. The van der Waals surface area contributed by atoms with Crippen LogP contribution in [0.4, 0.5) is 0 Å². The van der Waals surface area contributed by atoms with Gasteiger partial charge in [0.1, 0.15) is 0 Å². The number of aryl methyl sites for hydroxylation is 5. The number of aliphatic imine (C=N–C) groups is 1. The Balaban J connectivity index is 2.40. The van der Waals surface area contributed by atoms with E-state index in [0.29, 0.717) is 0 Å². The van der Waals surface area contributed by atoms with E-state index < -0.39 is 0 Å². The SMILES string of the molecule is CC1=CC(C)=NC1=C(c1[nH]c(C)cc1C)c1c(C)cc(C)cc1C. The van der Waals surface area contributed by atoms with Gasteiger partial charge in [0.05, 0.1) is 11.4 Å². The zero-order valence-electron chi connectivity index (χ0n) is 15.8. The summed E-state index contributed by atoms with van der Waals surface area (Å²) in [6, 6.07) is 6.73. The van der Waals surface area contributed by atoms with Crippen molar-refractivity contribution in [3.05, 3.63) is 74.8 Å². The topological polar surface area (TPSA) is 28.1 Å². The summed E-state index contributed by atoms with van der Waals surface area (Å²) in [6.07, 6.45) is 2.17. The molecule has 0 fully saturated rings. The maximum atomic E-state index is 4.86. The predicted octanol–water partition coefficient (Wildman–Crippen LogP) is 5.74. The molecule has 0 radical (unpaired) electrons. The molecular weight excluding hydrogens is 292 g/mol. The average Bonchev–Trinajstić information content (AvgIpc) is 2.95. The number of aromatic nitrogens is 1. The van der Waals surface area contributed by atoms with Gasteiger partial charge in [0, 0.05) is 17.0 Å². The minimum absolute atomic E-state index is 1.07. The summed E-state index contributed by atoms with van der Waals surface area (Å²) in [5.74, 6) is 0. The first-order chi connectivity index (χ1) is 11.3. The van der Waals surface area contributed by atoms with Gasteiger partial charge in [0.2, 0.25) is 0 Å². The molecule has 2 aromatic rings. The van der Waals surface area contributed by atoms with E-state index >= 15 is 0 Å². The monoisotopic (exact) mass is 318 g/mol. The predicted molar refractivity (Wildman–Crippen MR) is 104 cm³/mol. The molecule has 1 aromatic carbocycles. The van der Waals surface area contributed by atoms with E-state index in [4.69, 9.17) is 4.99 Å². The smallest absolute Gasteiger partial charge is 0.0762 e. The molecule has 0 aliphatic carbocycles. The Bertz CT molecular complexity index is 894. The molecule has 1 aliphatic heterocycles. The van der Waals surface area contributed by atoms with Crippen LogP contribution in [0.5, 0.6) is 0 Å². The van der Waals surface area contributed by atoms with Gasteiger partial charge in [-0.25, -0.2) is 0 Å². The molecule has 0 saturated heterocycles. The van der Waals surface area contributed by atoms with E-state index in [-0.39, 0.29) is 0 Å². The highest BCUT2D eigenvalue weighted by molar-refractivity contribution is 6.01. The van der Waals surface area contributed by atoms with Crippen molar-refractivity contribution in [2.75, 3.05) is 0 Å². The van der Waals surface area contributed by atoms with Crippen LogP contribution in [-0.4, -0.2) is 10.7 Å². The maximum absolute atomic E-state index is 4.86. The largest absolute Gasteiger partial charge is 0.358 e. The Morgan fingerprint density at radius 2 is 1.46 bits per heavy atom. The van der Waals surface area contributed by atoms with Crippen LogP contribution >= 0.6 is 0 Å². The number of nitrogens with zero attached hydrogens (tertiary/aromatic N) is 1. The Hall–Kier alpha value is -2.35. The molecule has 2 nitrogen and oxygen atoms in total. The van der Waals surface area contributed by atoms with Gasteiger partial charge >= 0.3 is 0 Å². The number of H-pyrrole nitrogens is 1. The van der Waals surface area contributed by atoms with Gasteiger partial charge < -0.3 is 4.98 Å². The van der Waals surface area contributed by atoms with E-state index in [0.717, 1.165) is 11.4 Å². The van der Waals surface area contributed by atoms with E-state index in [1.54, 1.807) is 0 Å². The molecule has 0 bridgehead atoms. The second-order valence-electron chi connectivity index (χ2n) is 7.09. The highest BCUT2D eigenvalue weighted by Gasteiger charge is 2.22. The molecule has 0 amide bonds. The lowest BCUT2D eigenvalue weighted by atomic mass is 9.88. The van der Waals surface area contributed by atoms with Crippen molar-refractivity contribution in [1.29, 1.82) is 0 Å². The summed E-state index contributed by atoms with van der Waals surface area (Å²) in [6.45, 7) is 15.1. The van der Waals surface area contributed by atoms with Crippen LogP contribution in [0, 0.1) is 34.6 Å². The summed E-state index contributed by atoms with van der Waals surface area (Å²) in [5, 5.41) is 0. The summed E-state index contributed by atoms with van der Waals surface area (Å²) < 4.78 is 0. The van der Waals surface area contributed by atoms with Gasteiger partial charge in [-0.15, -0.1) is 0 Å². The molecule has 1 N–H and O–H groups in total. The van der Waals surface area contributed by atoms with Gasteiger partial charge in [0.15, 0.2) is 0 Å². The summed E-state index contributed by atoms with van der Waals surface area (Å²) >= 11 is 0. The van der Waals surface area contributed by atoms with Crippen LogP contribution in [0.25, 0.3) is 5.57 Å². The fourth-order valence-corrected chi connectivity index (χ4v) is 3.86. The third kappa shape index (κ3) is 2.77.